The molecule has 1 aromatic heterocycles. The fourth-order valence-electron chi connectivity index (χ4n) is 2.08. The zero-order chi connectivity index (χ0) is 11.0. The summed E-state index contributed by atoms with van der Waals surface area (Å²) in [6, 6.07) is 8.12. The van der Waals surface area contributed by atoms with Gasteiger partial charge >= 0.3 is 0 Å². The second-order valence-corrected chi connectivity index (χ2v) is 4.95. The van der Waals surface area contributed by atoms with Crippen LogP contribution in [0.1, 0.15) is 17.7 Å². The molecule has 1 aliphatic rings. The molecule has 3 heteroatoms. The molecule has 0 atom stereocenters. The second-order valence-electron chi connectivity index (χ2n) is 4.03. The predicted octanol–water partition coefficient (Wildman–Crippen LogP) is 3.39. The van der Waals surface area contributed by atoms with Crippen molar-refractivity contribution in [1.29, 1.82) is 0 Å². The molecule has 1 aromatic carbocycles. The molecule has 0 amide bonds. The first kappa shape index (κ1) is 9.97. The third kappa shape index (κ3) is 1.76. The summed E-state index contributed by atoms with van der Waals surface area (Å²) >= 11 is 3.47. The standard InChI is InChI=1S/C13H11BrN2/c14-11-5-1-3-9(7-11)13-15-8-10-4-2-6-12(10)16-13/h1,3,5,7-8H,2,4,6H2. The van der Waals surface area contributed by atoms with Gasteiger partial charge in [0.1, 0.15) is 0 Å². The third-order valence-corrected chi connectivity index (χ3v) is 3.39. The maximum Gasteiger partial charge on any atom is 0.159 e. The minimum Gasteiger partial charge on any atom is -0.236 e. The lowest BCUT2D eigenvalue weighted by atomic mass is 10.2. The first-order chi connectivity index (χ1) is 7.83. The number of rotatable bonds is 1. The highest BCUT2D eigenvalue weighted by molar-refractivity contribution is 9.10. The Morgan fingerprint density at radius 2 is 2.12 bits per heavy atom. The topological polar surface area (TPSA) is 25.8 Å². The Morgan fingerprint density at radius 3 is 3.00 bits per heavy atom. The van der Waals surface area contributed by atoms with Crippen molar-refractivity contribution in [2.75, 3.05) is 0 Å². The number of halogens is 1. The van der Waals surface area contributed by atoms with Crippen molar-refractivity contribution >= 4 is 15.9 Å². The molecule has 0 unspecified atom stereocenters. The van der Waals surface area contributed by atoms with E-state index in [4.69, 9.17) is 0 Å². The lowest BCUT2D eigenvalue weighted by molar-refractivity contribution is 0.900. The fraction of sp³-hybridized carbons (Fsp3) is 0.231. The number of fused-ring (bicyclic) bond motifs is 1. The molecular formula is C13H11BrN2. The molecular weight excluding hydrogens is 264 g/mol. The van der Waals surface area contributed by atoms with Crippen molar-refractivity contribution < 1.29 is 0 Å². The largest absolute Gasteiger partial charge is 0.236 e. The first-order valence-corrected chi connectivity index (χ1v) is 6.23. The molecule has 0 spiro atoms. The van der Waals surface area contributed by atoms with E-state index in [2.05, 4.69) is 32.0 Å². The molecule has 0 N–H and O–H groups in total. The summed E-state index contributed by atoms with van der Waals surface area (Å²) in [5.74, 6) is 0.835. The first-order valence-electron chi connectivity index (χ1n) is 5.44. The van der Waals surface area contributed by atoms with Crippen molar-refractivity contribution in [3.63, 3.8) is 0 Å². The van der Waals surface area contributed by atoms with Crippen molar-refractivity contribution in [2.45, 2.75) is 19.3 Å². The lowest BCUT2D eigenvalue weighted by Gasteiger charge is -2.03. The maximum atomic E-state index is 4.63. The van der Waals surface area contributed by atoms with Gasteiger partial charge in [-0.05, 0) is 37.0 Å². The van der Waals surface area contributed by atoms with Crippen LogP contribution in [0.15, 0.2) is 34.9 Å². The highest BCUT2D eigenvalue weighted by Gasteiger charge is 2.13. The predicted molar refractivity (Wildman–Crippen MR) is 67.2 cm³/mol. The Hall–Kier alpha value is -1.22. The average Bonchev–Trinajstić information content (AvgIpc) is 2.75. The zero-order valence-electron chi connectivity index (χ0n) is 8.78. The van der Waals surface area contributed by atoms with Gasteiger partial charge in [-0.2, -0.15) is 0 Å². The molecule has 80 valence electrons. The molecule has 2 aromatic rings. The van der Waals surface area contributed by atoms with E-state index in [1.807, 2.05) is 24.4 Å². The summed E-state index contributed by atoms with van der Waals surface area (Å²) in [5, 5.41) is 0. The van der Waals surface area contributed by atoms with Crippen LogP contribution in [0.5, 0.6) is 0 Å². The summed E-state index contributed by atoms with van der Waals surface area (Å²) in [7, 11) is 0. The molecule has 0 fully saturated rings. The number of benzene rings is 1. The van der Waals surface area contributed by atoms with E-state index < -0.39 is 0 Å². The zero-order valence-corrected chi connectivity index (χ0v) is 10.4. The molecule has 0 radical (unpaired) electrons. The quantitative estimate of drug-likeness (QED) is 0.797. The van der Waals surface area contributed by atoms with Gasteiger partial charge in [-0.25, -0.2) is 9.97 Å². The lowest BCUT2D eigenvalue weighted by Crippen LogP contribution is -1.94. The Balaban J connectivity index is 2.07. The number of aryl methyl sites for hydroxylation is 2. The monoisotopic (exact) mass is 274 g/mol. The molecule has 2 nitrogen and oxygen atoms in total. The van der Waals surface area contributed by atoms with Gasteiger partial charge in [0.05, 0.1) is 0 Å². The molecule has 0 saturated carbocycles. The number of hydrogen-bond donors (Lipinski definition) is 0. The smallest absolute Gasteiger partial charge is 0.159 e. The van der Waals surface area contributed by atoms with E-state index in [-0.39, 0.29) is 0 Å². The van der Waals surface area contributed by atoms with E-state index in [0.717, 1.165) is 28.7 Å². The van der Waals surface area contributed by atoms with Crippen LogP contribution in [0.4, 0.5) is 0 Å². The van der Waals surface area contributed by atoms with Crippen molar-refractivity contribution in [3.05, 3.63) is 46.2 Å². The Morgan fingerprint density at radius 1 is 1.19 bits per heavy atom. The highest BCUT2D eigenvalue weighted by Crippen LogP contribution is 2.24. The maximum absolute atomic E-state index is 4.63. The van der Waals surface area contributed by atoms with E-state index in [1.165, 1.54) is 17.7 Å². The summed E-state index contributed by atoms with van der Waals surface area (Å²) in [5.41, 5.74) is 3.62. The molecule has 1 heterocycles. The highest BCUT2D eigenvalue weighted by atomic mass is 79.9. The Bertz CT molecular complexity index is 537. The average molecular weight is 275 g/mol. The van der Waals surface area contributed by atoms with Gasteiger partial charge in [-0.3, -0.25) is 0 Å². The molecule has 0 saturated heterocycles. The van der Waals surface area contributed by atoms with Crippen molar-refractivity contribution in [2.24, 2.45) is 0 Å². The van der Waals surface area contributed by atoms with E-state index in [9.17, 15) is 0 Å². The molecule has 0 bridgehead atoms. The van der Waals surface area contributed by atoms with Crippen LogP contribution in [0.25, 0.3) is 11.4 Å². The van der Waals surface area contributed by atoms with Gasteiger partial charge < -0.3 is 0 Å². The van der Waals surface area contributed by atoms with Crippen LogP contribution in [0.2, 0.25) is 0 Å². The summed E-state index contributed by atoms with van der Waals surface area (Å²) in [6.07, 6.45) is 5.42. The van der Waals surface area contributed by atoms with Crippen LogP contribution in [0, 0.1) is 0 Å². The van der Waals surface area contributed by atoms with Crippen molar-refractivity contribution in [1.82, 2.24) is 9.97 Å². The van der Waals surface area contributed by atoms with Crippen LogP contribution >= 0.6 is 15.9 Å². The van der Waals surface area contributed by atoms with Gasteiger partial charge in [-0.15, -0.1) is 0 Å². The number of hydrogen-bond acceptors (Lipinski definition) is 2. The van der Waals surface area contributed by atoms with Gasteiger partial charge in [0.15, 0.2) is 5.82 Å². The molecule has 16 heavy (non-hydrogen) atoms. The summed E-state index contributed by atoms with van der Waals surface area (Å²) < 4.78 is 1.06. The summed E-state index contributed by atoms with van der Waals surface area (Å²) in [4.78, 5) is 9.06. The molecule has 3 rings (SSSR count). The minimum absolute atomic E-state index is 0.835. The third-order valence-electron chi connectivity index (χ3n) is 2.90. The van der Waals surface area contributed by atoms with Gasteiger partial charge in [0.25, 0.3) is 0 Å². The Labute approximate surface area is 103 Å². The number of nitrogens with zero attached hydrogens (tertiary/aromatic N) is 2. The minimum atomic E-state index is 0.835. The Kier molecular flexibility index (Phi) is 2.48. The van der Waals surface area contributed by atoms with Crippen LogP contribution in [0.3, 0.4) is 0 Å². The van der Waals surface area contributed by atoms with Crippen molar-refractivity contribution in [3.8, 4) is 11.4 Å². The van der Waals surface area contributed by atoms with Crippen LogP contribution in [-0.4, -0.2) is 9.97 Å². The SMILES string of the molecule is Brc1cccc(-c2ncc3c(n2)CCC3)c1. The second kappa shape index (κ2) is 3.98. The van der Waals surface area contributed by atoms with Gasteiger partial charge in [-0.1, -0.05) is 28.1 Å². The number of aromatic nitrogens is 2. The normalized spacial score (nSPS) is 13.8. The van der Waals surface area contributed by atoms with Gasteiger partial charge in [0, 0.05) is 21.9 Å². The molecule has 1 aliphatic carbocycles. The van der Waals surface area contributed by atoms with Crippen LogP contribution in [-0.2, 0) is 12.8 Å². The van der Waals surface area contributed by atoms with Crippen LogP contribution < -0.4 is 0 Å². The fourth-order valence-corrected chi connectivity index (χ4v) is 2.48. The van der Waals surface area contributed by atoms with E-state index >= 15 is 0 Å². The van der Waals surface area contributed by atoms with E-state index in [0.29, 0.717) is 0 Å². The van der Waals surface area contributed by atoms with Gasteiger partial charge in [0.2, 0.25) is 0 Å². The molecule has 0 aliphatic heterocycles. The van der Waals surface area contributed by atoms with E-state index in [1.54, 1.807) is 0 Å². The summed E-state index contributed by atoms with van der Waals surface area (Å²) in [6.45, 7) is 0.